The van der Waals surface area contributed by atoms with Crippen molar-refractivity contribution in [3.8, 4) is 5.75 Å². The van der Waals surface area contributed by atoms with Crippen molar-refractivity contribution in [1.29, 1.82) is 0 Å². The molecule has 1 heterocycles. The molecule has 0 aliphatic carbocycles. The zero-order chi connectivity index (χ0) is 21.0. The molecule has 1 fully saturated rings. The standard InChI is InChI=1S/C21H26N4O4/c1-15-6-4-5-7-19(15)24-12-10-23(11-13-24)16(2)21(26)22-18-14-17(25(27)28)8-9-20(18)29-3/h4-9,14,16H,10-13H2,1-3H3,(H,22,26)/t16-/m1/s1. The number of benzene rings is 2. The van der Waals surface area contributed by atoms with Gasteiger partial charge in [0.25, 0.3) is 5.69 Å². The quantitative estimate of drug-likeness (QED) is 0.594. The molecule has 0 spiro atoms. The Kier molecular flexibility index (Phi) is 6.33. The number of nitro benzene ring substituents is 1. The second-order valence-corrected chi connectivity index (χ2v) is 7.12. The van der Waals surface area contributed by atoms with Gasteiger partial charge in [0.2, 0.25) is 5.91 Å². The van der Waals surface area contributed by atoms with E-state index in [2.05, 4.69) is 34.2 Å². The number of rotatable bonds is 6. The van der Waals surface area contributed by atoms with E-state index >= 15 is 0 Å². The van der Waals surface area contributed by atoms with Crippen LogP contribution < -0.4 is 15.0 Å². The molecule has 1 saturated heterocycles. The summed E-state index contributed by atoms with van der Waals surface area (Å²) in [4.78, 5) is 27.8. The largest absolute Gasteiger partial charge is 0.495 e. The van der Waals surface area contributed by atoms with Gasteiger partial charge in [0.15, 0.2) is 0 Å². The monoisotopic (exact) mass is 398 g/mol. The zero-order valence-corrected chi connectivity index (χ0v) is 16.9. The van der Waals surface area contributed by atoms with Gasteiger partial charge in [-0.2, -0.15) is 0 Å². The summed E-state index contributed by atoms with van der Waals surface area (Å²) in [6.07, 6.45) is 0. The molecule has 29 heavy (non-hydrogen) atoms. The molecule has 0 radical (unpaired) electrons. The Morgan fingerprint density at radius 1 is 1.17 bits per heavy atom. The SMILES string of the molecule is COc1ccc([N+](=O)[O-])cc1NC(=O)[C@@H](C)N1CCN(c2ccccc2C)CC1. The number of hydrogen-bond donors (Lipinski definition) is 1. The third-order valence-electron chi connectivity index (χ3n) is 5.35. The average molecular weight is 398 g/mol. The lowest BCUT2D eigenvalue weighted by atomic mass is 10.1. The molecule has 2 aromatic rings. The van der Waals surface area contributed by atoms with E-state index in [-0.39, 0.29) is 17.6 Å². The number of nitro groups is 1. The van der Waals surface area contributed by atoms with Gasteiger partial charge in [-0.3, -0.25) is 19.8 Å². The van der Waals surface area contributed by atoms with Crippen LogP contribution in [-0.4, -0.2) is 55.1 Å². The van der Waals surface area contributed by atoms with Crippen molar-refractivity contribution in [2.24, 2.45) is 0 Å². The summed E-state index contributed by atoms with van der Waals surface area (Å²) in [6, 6.07) is 12.1. The molecule has 1 N–H and O–H groups in total. The summed E-state index contributed by atoms with van der Waals surface area (Å²) in [6.45, 7) is 7.14. The molecule has 0 aromatic heterocycles. The van der Waals surface area contributed by atoms with Crippen molar-refractivity contribution in [1.82, 2.24) is 4.90 Å². The number of ether oxygens (including phenoxy) is 1. The number of para-hydroxylation sites is 1. The third-order valence-corrected chi connectivity index (χ3v) is 5.35. The molecule has 154 valence electrons. The lowest BCUT2D eigenvalue weighted by Gasteiger charge is -2.39. The molecule has 1 aliphatic rings. The number of aryl methyl sites for hydroxylation is 1. The van der Waals surface area contributed by atoms with Crippen LogP contribution in [0.15, 0.2) is 42.5 Å². The highest BCUT2D eigenvalue weighted by atomic mass is 16.6. The molecule has 8 nitrogen and oxygen atoms in total. The second kappa shape index (κ2) is 8.91. The fourth-order valence-corrected chi connectivity index (χ4v) is 3.58. The number of piperazine rings is 1. The maximum Gasteiger partial charge on any atom is 0.271 e. The second-order valence-electron chi connectivity index (χ2n) is 7.12. The Bertz CT molecular complexity index is 894. The summed E-state index contributed by atoms with van der Waals surface area (Å²) < 4.78 is 5.22. The Hall–Kier alpha value is -3.13. The zero-order valence-electron chi connectivity index (χ0n) is 16.9. The van der Waals surface area contributed by atoms with Crippen molar-refractivity contribution in [2.75, 3.05) is 43.5 Å². The maximum atomic E-state index is 12.8. The van der Waals surface area contributed by atoms with Gasteiger partial charge >= 0.3 is 0 Å². The first kappa shape index (κ1) is 20.6. The van der Waals surface area contributed by atoms with Crippen molar-refractivity contribution < 1.29 is 14.5 Å². The van der Waals surface area contributed by atoms with Gasteiger partial charge in [0.1, 0.15) is 5.75 Å². The van der Waals surface area contributed by atoms with Crippen LogP contribution in [0.1, 0.15) is 12.5 Å². The molecule has 0 unspecified atom stereocenters. The van der Waals surface area contributed by atoms with Gasteiger partial charge in [-0.1, -0.05) is 18.2 Å². The number of hydrogen-bond acceptors (Lipinski definition) is 6. The van der Waals surface area contributed by atoms with E-state index in [9.17, 15) is 14.9 Å². The van der Waals surface area contributed by atoms with Crippen LogP contribution in [0.2, 0.25) is 0 Å². The first-order chi connectivity index (χ1) is 13.9. The lowest BCUT2D eigenvalue weighted by molar-refractivity contribution is -0.384. The van der Waals surface area contributed by atoms with Gasteiger partial charge in [0.05, 0.1) is 23.8 Å². The Labute approximate surface area is 170 Å². The fourth-order valence-electron chi connectivity index (χ4n) is 3.58. The number of methoxy groups -OCH3 is 1. The molecule has 0 bridgehead atoms. The number of carbonyl (C=O) groups is 1. The highest BCUT2D eigenvalue weighted by molar-refractivity contribution is 5.96. The van der Waals surface area contributed by atoms with Crippen LogP contribution in [0, 0.1) is 17.0 Å². The molecular formula is C21H26N4O4. The minimum absolute atomic E-state index is 0.0967. The van der Waals surface area contributed by atoms with Crippen LogP contribution in [0.5, 0.6) is 5.75 Å². The third kappa shape index (κ3) is 4.65. The van der Waals surface area contributed by atoms with Gasteiger partial charge in [-0.25, -0.2) is 0 Å². The van der Waals surface area contributed by atoms with Crippen molar-refractivity contribution in [3.63, 3.8) is 0 Å². The van der Waals surface area contributed by atoms with Crippen molar-refractivity contribution in [2.45, 2.75) is 19.9 Å². The molecule has 3 rings (SSSR count). The summed E-state index contributed by atoms with van der Waals surface area (Å²) in [5.74, 6) is 0.175. The van der Waals surface area contributed by atoms with Gasteiger partial charge < -0.3 is 15.0 Å². The minimum Gasteiger partial charge on any atom is -0.495 e. The van der Waals surface area contributed by atoms with E-state index in [4.69, 9.17) is 4.74 Å². The molecule has 1 atom stereocenters. The molecule has 1 amide bonds. The first-order valence-corrected chi connectivity index (χ1v) is 9.58. The molecule has 2 aromatic carbocycles. The van der Waals surface area contributed by atoms with E-state index in [0.29, 0.717) is 11.4 Å². The number of anilines is 2. The van der Waals surface area contributed by atoms with Crippen LogP contribution >= 0.6 is 0 Å². The number of carbonyl (C=O) groups excluding carboxylic acids is 1. The summed E-state index contributed by atoms with van der Waals surface area (Å²) in [5, 5.41) is 13.8. The topological polar surface area (TPSA) is 87.9 Å². The summed E-state index contributed by atoms with van der Waals surface area (Å²) in [5.41, 5.74) is 2.67. The van der Waals surface area contributed by atoms with Crippen LogP contribution in [-0.2, 0) is 4.79 Å². The maximum absolute atomic E-state index is 12.8. The van der Waals surface area contributed by atoms with Gasteiger partial charge in [-0.15, -0.1) is 0 Å². The van der Waals surface area contributed by atoms with Crippen molar-refractivity contribution >= 4 is 23.0 Å². The Morgan fingerprint density at radius 2 is 1.86 bits per heavy atom. The average Bonchev–Trinajstić information content (AvgIpc) is 2.73. The normalized spacial score (nSPS) is 15.6. The van der Waals surface area contributed by atoms with Crippen LogP contribution in [0.3, 0.4) is 0 Å². The van der Waals surface area contributed by atoms with E-state index in [1.807, 2.05) is 19.1 Å². The first-order valence-electron chi connectivity index (χ1n) is 9.58. The number of non-ortho nitro benzene ring substituents is 1. The van der Waals surface area contributed by atoms with E-state index in [1.54, 1.807) is 0 Å². The minimum atomic E-state index is -0.497. The Morgan fingerprint density at radius 3 is 2.48 bits per heavy atom. The molecule has 1 aliphatic heterocycles. The van der Waals surface area contributed by atoms with Gasteiger partial charge in [0, 0.05) is 44.0 Å². The van der Waals surface area contributed by atoms with E-state index in [0.717, 1.165) is 26.2 Å². The van der Waals surface area contributed by atoms with Crippen LogP contribution in [0.25, 0.3) is 0 Å². The number of nitrogens with zero attached hydrogens (tertiary/aromatic N) is 3. The fraction of sp³-hybridized carbons (Fsp3) is 0.381. The summed E-state index contributed by atoms with van der Waals surface area (Å²) in [7, 11) is 1.46. The summed E-state index contributed by atoms with van der Waals surface area (Å²) >= 11 is 0. The number of nitrogens with one attached hydrogen (secondary N) is 1. The van der Waals surface area contributed by atoms with E-state index in [1.165, 1.54) is 36.6 Å². The molecule has 8 heteroatoms. The van der Waals surface area contributed by atoms with Gasteiger partial charge in [-0.05, 0) is 31.5 Å². The number of amides is 1. The predicted octanol–water partition coefficient (Wildman–Crippen LogP) is 3.06. The van der Waals surface area contributed by atoms with E-state index < -0.39 is 4.92 Å². The molecule has 0 saturated carbocycles. The highest BCUT2D eigenvalue weighted by Crippen LogP contribution is 2.29. The lowest BCUT2D eigenvalue weighted by Crippen LogP contribution is -2.53. The van der Waals surface area contributed by atoms with Crippen LogP contribution in [0.4, 0.5) is 17.1 Å². The van der Waals surface area contributed by atoms with Crippen molar-refractivity contribution in [3.05, 3.63) is 58.1 Å². The smallest absolute Gasteiger partial charge is 0.271 e. The highest BCUT2D eigenvalue weighted by Gasteiger charge is 2.27. The Balaban J connectivity index is 1.64. The predicted molar refractivity (Wildman–Crippen MR) is 113 cm³/mol. The molecular weight excluding hydrogens is 372 g/mol.